The Labute approximate surface area is 215 Å². The van der Waals surface area contributed by atoms with Crippen molar-refractivity contribution in [2.45, 2.75) is 65.6 Å². The van der Waals surface area contributed by atoms with Crippen LogP contribution in [0.3, 0.4) is 0 Å². The molecule has 2 rings (SSSR count). The molecule has 2 amide bonds. The number of methoxy groups -OCH3 is 1. The van der Waals surface area contributed by atoms with Crippen molar-refractivity contribution < 1.29 is 22.7 Å². The Hall–Kier alpha value is -3.07. The number of aryl methyl sites for hydroxylation is 1. The van der Waals surface area contributed by atoms with Crippen LogP contribution in [-0.2, 0) is 26.2 Å². The smallest absolute Gasteiger partial charge is 0.242 e. The molecule has 0 unspecified atom stereocenters. The van der Waals surface area contributed by atoms with E-state index in [0.29, 0.717) is 17.9 Å². The highest BCUT2D eigenvalue weighted by molar-refractivity contribution is 7.92. The predicted molar refractivity (Wildman–Crippen MR) is 144 cm³/mol. The summed E-state index contributed by atoms with van der Waals surface area (Å²) in [4.78, 5) is 27.8. The lowest BCUT2D eigenvalue weighted by Crippen LogP contribution is -2.49. The van der Waals surface area contributed by atoms with E-state index in [2.05, 4.69) is 5.32 Å². The van der Waals surface area contributed by atoms with Crippen molar-refractivity contribution in [1.82, 2.24) is 10.2 Å². The Kier molecular flexibility index (Phi) is 10.8. The fourth-order valence-corrected chi connectivity index (χ4v) is 4.82. The third kappa shape index (κ3) is 8.26. The summed E-state index contributed by atoms with van der Waals surface area (Å²) in [5, 5.41) is 2.95. The van der Waals surface area contributed by atoms with E-state index in [9.17, 15) is 18.0 Å². The highest BCUT2D eigenvalue weighted by Gasteiger charge is 2.27. The number of carbonyl (C=O) groups excluding carboxylic acids is 2. The lowest BCUT2D eigenvalue weighted by molar-refractivity contribution is -0.140. The van der Waals surface area contributed by atoms with Gasteiger partial charge in [-0.3, -0.25) is 13.9 Å². The van der Waals surface area contributed by atoms with Gasteiger partial charge in [0.1, 0.15) is 11.8 Å². The van der Waals surface area contributed by atoms with Crippen LogP contribution in [-0.4, -0.2) is 57.1 Å². The molecule has 198 valence electrons. The molecule has 1 N–H and O–H groups in total. The van der Waals surface area contributed by atoms with Gasteiger partial charge in [-0.2, -0.15) is 0 Å². The number of hydrogen-bond donors (Lipinski definition) is 1. The summed E-state index contributed by atoms with van der Waals surface area (Å²) in [6.45, 7) is 7.90. The summed E-state index contributed by atoms with van der Waals surface area (Å²) in [7, 11) is -1.94. The minimum atomic E-state index is -3.53. The molecule has 2 atom stereocenters. The van der Waals surface area contributed by atoms with Crippen LogP contribution in [0.2, 0.25) is 0 Å². The van der Waals surface area contributed by atoms with Crippen molar-refractivity contribution >= 4 is 27.5 Å². The van der Waals surface area contributed by atoms with Gasteiger partial charge in [0.05, 0.1) is 19.1 Å². The second kappa shape index (κ2) is 13.3. The van der Waals surface area contributed by atoms with E-state index in [1.807, 2.05) is 57.2 Å². The fourth-order valence-electron chi connectivity index (χ4n) is 3.80. The van der Waals surface area contributed by atoms with E-state index < -0.39 is 16.1 Å². The van der Waals surface area contributed by atoms with Crippen molar-refractivity contribution in [2.75, 3.05) is 24.2 Å². The standard InChI is InChI=1S/C27H39N3O5S/c1-7-21(3)28-27(32)22(4)29(19-23-14-16-24(35-5)17-15-23)26(31)13-10-18-30(36(6,33)34)25-12-9-8-11-20(25)2/h8-9,11-12,14-17,21-22H,7,10,13,18-19H2,1-6H3,(H,28,32)/t21-,22+/m1/s1. The maximum atomic E-state index is 13.4. The monoisotopic (exact) mass is 517 g/mol. The molecule has 0 spiro atoms. The summed E-state index contributed by atoms with van der Waals surface area (Å²) >= 11 is 0. The molecule has 2 aromatic carbocycles. The van der Waals surface area contributed by atoms with Gasteiger partial charge >= 0.3 is 0 Å². The molecule has 36 heavy (non-hydrogen) atoms. The van der Waals surface area contributed by atoms with Gasteiger partial charge in [0.25, 0.3) is 0 Å². The number of para-hydroxylation sites is 1. The van der Waals surface area contributed by atoms with Gasteiger partial charge in [0.15, 0.2) is 0 Å². The van der Waals surface area contributed by atoms with Gasteiger partial charge in [-0.15, -0.1) is 0 Å². The minimum Gasteiger partial charge on any atom is -0.497 e. The van der Waals surface area contributed by atoms with Crippen LogP contribution in [0.4, 0.5) is 5.69 Å². The second-order valence-electron chi connectivity index (χ2n) is 9.09. The van der Waals surface area contributed by atoms with Crippen molar-refractivity contribution in [2.24, 2.45) is 0 Å². The van der Waals surface area contributed by atoms with Gasteiger partial charge in [-0.25, -0.2) is 8.42 Å². The largest absolute Gasteiger partial charge is 0.497 e. The lowest BCUT2D eigenvalue weighted by atomic mass is 10.1. The van der Waals surface area contributed by atoms with Gasteiger partial charge < -0.3 is 15.0 Å². The van der Waals surface area contributed by atoms with Crippen LogP contribution in [0.25, 0.3) is 0 Å². The zero-order chi connectivity index (χ0) is 26.9. The highest BCUT2D eigenvalue weighted by atomic mass is 32.2. The molecule has 0 fully saturated rings. The maximum absolute atomic E-state index is 13.4. The van der Waals surface area contributed by atoms with Crippen LogP contribution >= 0.6 is 0 Å². The Balaban J connectivity index is 2.19. The molecule has 0 saturated carbocycles. The van der Waals surface area contributed by atoms with Crippen LogP contribution < -0.4 is 14.4 Å². The third-order valence-electron chi connectivity index (χ3n) is 6.22. The molecule has 8 nitrogen and oxygen atoms in total. The van der Waals surface area contributed by atoms with Crippen molar-refractivity contribution in [3.63, 3.8) is 0 Å². The number of nitrogens with zero attached hydrogens (tertiary/aromatic N) is 2. The van der Waals surface area contributed by atoms with E-state index in [1.54, 1.807) is 31.1 Å². The number of ether oxygens (including phenoxy) is 1. The van der Waals surface area contributed by atoms with Crippen molar-refractivity contribution in [1.29, 1.82) is 0 Å². The number of hydrogen-bond acceptors (Lipinski definition) is 5. The summed E-state index contributed by atoms with van der Waals surface area (Å²) in [6.07, 6.45) is 2.37. The maximum Gasteiger partial charge on any atom is 0.242 e. The molecule has 0 aliphatic heterocycles. The average molecular weight is 518 g/mol. The summed E-state index contributed by atoms with van der Waals surface area (Å²) in [5.74, 6) is 0.274. The van der Waals surface area contributed by atoms with Gasteiger partial charge in [-0.05, 0) is 62.9 Å². The van der Waals surface area contributed by atoms with E-state index in [1.165, 1.54) is 10.6 Å². The first-order valence-corrected chi connectivity index (χ1v) is 14.1. The predicted octanol–water partition coefficient (Wildman–Crippen LogP) is 3.88. The first-order chi connectivity index (χ1) is 17.0. The molecule has 0 radical (unpaired) electrons. The minimum absolute atomic E-state index is 0.00433. The first kappa shape index (κ1) is 29.2. The molecule has 2 aromatic rings. The van der Waals surface area contributed by atoms with E-state index in [4.69, 9.17) is 4.74 Å². The summed E-state index contributed by atoms with van der Waals surface area (Å²) in [5.41, 5.74) is 2.31. The van der Waals surface area contributed by atoms with E-state index in [-0.39, 0.29) is 37.4 Å². The van der Waals surface area contributed by atoms with Gasteiger partial charge in [0.2, 0.25) is 21.8 Å². The van der Waals surface area contributed by atoms with Gasteiger partial charge in [0, 0.05) is 25.6 Å². The van der Waals surface area contributed by atoms with Crippen LogP contribution in [0.15, 0.2) is 48.5 Å². The molecular weight excluding hydrogens is 478 g/mol. The van der Waals surface area contributed by atoms with Crippen LogP contribution in [0.5, 0.6) is 5.75 Å². The molecular formula is C27H39N3O5S. The topological polar surface area (TPSA) is 96.0 Å². The lowest BCUT2D eigenvalue weighted by Gasteiger charge is -2.30. The van der Waals surface area contributed by atoms with Crippen LogP contribution in [0, 0.1) is 6.92 Å². The summed E-state index contributed by atoms with van der Waals surface area (Å²) < 4.78 is 31.5. The molecule has 0 heterocycles. The average Bonchev–Trinajstić information content (AvgIpc) is 2.84. The number of anilines is 1. The number of carbonyl (C=O) groups is 2. The zero-order valence-electron chi connectivity index (χ0n) is 22.2. The number of amides is 2. The molecule has 0 saturated heterocycles. The third-order valence-corrected chi connectivity index (χ3v) is 7.40. The molecule has 0 bridgehead atoms. The zero-order valence-corrected chi connectivity index (χ0v) is 23.0. The summed E-state index contributed by atoms with van der Waals surface area (Å²) in [6, 6.07) is 13.9. The number of benzene rings is 2. The van der Waals surface area contributed by atoms with Crippen molar-refractivity contribution in [3.05, 3.63) is 59.7 Å². The first-order valence-electron chi connectivity index (χ1n) is 12.2. The van der Waals surface area contributed by atoms with Crippen molar-refractivity contribution in [3.8, 4) is 5.75 Å². The highest BCUT2D eigenvalue weighted by Crippen LogP contribution is 2.23. The Morgan fingerprint density at radius 1 is 1.06 bits per heavy atom. The molecule has 0 aromatic heterocycles. The van der Waals surface area contributed by atoms with E-state index in [0.717, 1.165) is 17.5 Å². The molecule has 0 aliphatic carbocycles. The van der Waals surface area contributed by atoms with Crippen LogP contribution in [0.1, 0.15) is 51.2 Å². The van der Waals surface area contributed by atoms with Gasteiger partial charge in [-0.1, -0.05) is 37.3 Å². The second-order valence-corrected chi connectivity index (χ2v) is 11.0. The number of rotatable bonds is 13. The SMILES string of the molecule is CC[C@@H](C)NC(=O)[C@H](C)N(Cc1ccc(OC)cc1)C(=O)CCCN(c1ccccc1C)S(C)(=O)=O. The molecule has 9 heteroatoms. The fraction of sp³-hybridized carbons (Fsp3) is 0.481. The van der Waals surface area contributed by atoms with E-state index >= 15 is 0 Å². The number of nitrogens with one attached hydrogen (secondary N) is 1. The quantitative estimate of drug-likeness (QED) is 0.435. The Bertz CT molecular complexity index is 1120. The normalized spacial score (nSPS) is 12.9. The Morgan fingerprint density at radius 2 is 1.69 bits per heavy atom. The number of sulfonamides is 1. The molecule has 0 aliphatic rings. The Morgan fingerprint density at radius 3 is 2.25 bits per heavy atom.